The van der Waals surface area contributed by atoms with Gasteiger partial charge in [0.25, 0.3) is 0 Å². The summed E-state index contributed by atoms with van der Waals surface area (Å²) in [5, 5.41) is 3.28. The fourth-order valence-electron chi connectivity index (χ4n) is 0.962. The second-order valence-electron chi connectivity index (χ2n) is 2.70. The van der Waals surface area contributed by atoms with Crippen LogP contribution in [0.4, 0.5) is 0 Å². The van der Waals surface area contributed by atoms with Gasteiger partial charge in [-0.05, 0) is 26.8 Å². The van der Waals surface area contributed by atoms with Crippen LogP contribution < -0.4 is 5.32 Å². The first-order valence-corrected chi connectivity index (χ1v) is 3.43. The minimum Gasteiger partial charge on any atom is -0.312 e. The Kier molecular flexibility index (Phi) is 1.50. The Bertz CT molecular complexity index is 90.5. The quantitative estimate of drug-likeness (QED) is 0.493. The number of rotatable bonds is 0. The van der Waals surface area contributed by atoms with Gasteiger partial charge < -0.3 is 5.32 Å². The van der Waals surface area contributed by atoms with E-state index in [0.717, 1.165) is 13.0 Å². The maximum Gasteiger partial charge on any atom is 0.0580 e. The van der Waals surface area contributed by atoms with Crippen molar-refractivity contribution in [2.45, 2.75) is 31.2 Å². The lowest BCUT2D eigenvalue weighted by molar-refractivity contribution is 0.554. The minimum absolute atomic E-state index is 0.0139. The average Bonchev–Trinajstić information content (AvgIpc) is 1.86. The van der Waals surface area contributed by atoms with Crippen LogP contribution in [0.2, 0.25) is 0 Å². The molecule has 1 rings (SSSR count). The Morgan fingerprint density at radius 1 is 1.75 bits per heavy atom. The summed E-state index contributed by atoms with van der Waals surface area (Å²) in [5.41, 5.74) is 0. The van der Waals surface area contributed by atoms with Crippen molar-refractivity contribution >= 4 is 11.6 Å². The average molecular weight is 134 g/mol. The van der Waals surface area contributed by atoms with Crippen LogP contribution >= 0.6 is 11.6 Å². The smallest absolute Gasteiger partial charge is 0.0580 e. The van der Waals surface area contributed by atoms with E-state index in [2.05, 4.69) is 19.2 Å². The lowest BCUT2D eigenvalue weighted by atomic mass is 10.0. The summed E-state index contributed by atoms with van der Waals surface area (Å²) in [6.45, 7) is 5.28. The zero-order valence-electron chi connectivity index (χ0n) is 5.37. The van der Waals surface area contributed by atoms with E-state index in [0.29, 0.717) is 6.04 Å². The summed E-state index contributed by atoms with van der Waals surface area (Å²) in [6, 6.07) is 0.476. The van der Waals surface area contributed by atoms with Crippen molar-refractivity contribution in [1.82, 2.24) is 5.32 Å². The van der Waals surface area contributed by atoms with E-state index in [1.54, 1.807) is 0 Å². The summed E-state index contributed by atoms with van der Waals surface area (Å²) < 4.78 is 0. The first-order valence-electron chi connectivity index (χ1n) is 3.05. The summed E-state index contributed by atoms with van der Waals surface area (Å²) in [5.74, 6) is 0. The lowest BCUT2D eigenvalue weighted by Gasteiger charge is -2.18. The predicted molar refractivity (Wildman–Crippen MR) is 36.3 cm³/mol. The summed E-state index contributed by atoms with van der Waals surface area (Å²) in [4.78, 5) is 0.0139. The highest BCUT2D eigenvalue weighted by molar-refractivity contribution is 6.24. The molecule has 0 spiro atoms. The maximum absolute atomic E-state index is 6.06. The Morgan fingerprint density at radius 3 is 2.50 bits per heavy atom. The van der Waals surface area contributed by atoms with Gasteiger partial charge in [-0.15, -0.1) is 11.6 Å². The molecule has 0 unspecified atom stereocenters. The molecule has 0 aromatic heterocycles. The molecule has 2 heteroatoms. The van der Waals surface area contributed by atoms with Gasteiger partial charge in [-0.3, -0.25) is 0 Å². The van der Waals surface area contributed by atoms with Gasteiger partial charge in [-0.25, -0.2) is 0 Å². The fourth-order valence-corrected chi connectivity index (χ4v) is 1.13. The molecule has 1 fully saturated rings. The van der Waals surface area contributed by atoms with Crippen molar-refractivity contribution in [2.24, 2.45) is 0 Å². The lowest BCUT2D eigenvalue weighted by Crippen LogP contribution is -2.31. The predicted octanol–water partition coefficient (Wildman–Crippen LogP) is 1.37. The van der Waals surface area contributed by atoms with Crippen molar-refractivity contribution in [3.05, 3.63) is 0 Å². The number of halogens is 1. The van der Waals surface area contributed by atoms with Gasteiger partial charge in [0.05, 0.1) is 4.87 Å². The van der Waals surface area contributed by atoms with E-state index < -0.39 is 0 Å². The molecule has 1 saturated heterocycles. The molecule has 0 radical (unpaired) electrons. The minimum atomic E-state index is 0.0139. The highest BCUT2D eigenvalue weighted by atomic mass is 35.5. The topological polar surface area (TPSA) is 12.0 Å². The molecule has 0 amide bonds. The van der Waals surface area contributed by atoms with Gasteiger partial charge in [-0.1, -0.05) is 0 Å². The largest absolute Gasteiger partial charge is 0.312 e. The Morgan fingerprint density at radius 2 is 2.38 bits per heavy atom. The molecule has 1 heterocycles. The van der Waals surface area contributed by atoms with Crippen LogP contribution in [0.3, 0.4) is 0 Å². The van der Waals surface area contributed by atoms with E-state index in [1.807, 2.05) is 0 Å². The zero-order chi connectivity index (χ0) is 6.20. The molecule has 0 saturated carbocycles. The van der Waals surface area contributed by atoms with Gasteiger partial charge in [0.15, 0.2) is 0 Å². The standard InChI is InChI=1S/C6H12ClN/c1-5-6(2,7)3-4-8-5/h5,8H,3-4H2,1-2H3/t5-,6-/m0/s1. The van der Waals surface area contributed by atoms with Gasteiger partial charge in [0, 0.05) is 6.04 Å². The summed E-state index contributed by atoms with van der Waals surface area (Å²) >= 11 is 6.06. The third-order valence-electron chi connectivity index (χ3n) is 1.97. The number of nitrogens with one attached hydrogen (secondary N) is 1. The molecule has 0 aromatic carbocycles. The van der Waals surface area contributed by atoms with Crippen molar-refractivity contribution < 1.29 is 0 Å². The Hall–Kier alpha value is 0.250. The molecular weight excluding hydrogens is 122 g/mol. The monoisotopic (exact) mass is 133 g/mol. The van der Waals surface area contributed by atoms with E-state index in [9.17, 15) is 0 Å². The van der Waals surface area contributed by atoms with Crippen LogP contribution in [0, 0.1) is 0 Å². The van der Waals surface area contributed by atoms with E-state index >= 15 is 0 Å². The summed E-state index contributed by atoms with van der Waals surface area (Å²) in [6.07, 6.45) is 1.09. The summed E-state index contributed by atoms with van der Waals surface area (Å²) in [7, 11) is 0. The highest BCUT2D eigenvalue weighted by Crippen LogP contribution is 2.27. The van der Waals surface area contributed by atoms with Crippen LogP contribution in [0.15, 0.2) is 0 Å². The maximum atomic E-state index is 6.06. The molecule has 0 bridgehead atoms. The first kappa shape index (κ1) is 6.37. The Labute approximate surface area is 55.4 Å². The van der Waals surface area contributed by atoms with Gasteiger partial charge in [-0.2, -0.15) is 0 Å². The normalized spacial score (nSPS) is 47.6. The number of hydrogen-bond donors (Lipinski definition) is 1. The highest BCUT2D eigenvalue weighted by Gasteiger charge is 2.32. The van der Waals surface area contributed by atoms with Crippen molar-refractivity contribution in [1.29, 1.82) is 0 Å². The van der Waals surface area contributed by atoms with E-state index in [1.165, 1.54) is 0 Å². The molecule has 1 aliphatic heterocycles. The first-order chi connectivity index (χ1) is 3.63. The molecule has 48 valence electrons. The van der Waals surface area contributed by atoms with Crippen molar-refractivity contribution in [2.75, 3.05) is 6.54 Å². The fraction of sp³-hybridized carbons (Fsp3) is 1.00. The van der Waals surface area contributed by atoms with Crippen molar-refractivity contribution in [3.8, 4) is 0 Å². The molecule has 0 aromatic rings. The molecule has 8 heavy (non-hydrogen) atoms. The zero-order valence-corrected chi connectivity index (χ0v) is 6.13. The second-order valence-corrected chi connectivity index (χ2v) is 3.57. The van der Waals surface area contributed by atoms with E-state index in [-0.39, 0.29) is 4.87 Å². The van der Waals surface area contributed by atoms with Gasteiger partial charge in [0.2, 0.25) is 0 Å². The molecule has 2 atom stereocenters. The van der Waals surface area contributed by atoms with Crippen LogP contribution in [-0.4, -0.2) is 17.5 Å². The second kappa shape index (κ2) is 1.89. The molecule has 1 aliphatic rings. The van der Waals surface area contributed by atoms with Crippen LogP contribution in [0.1, 0.15) is 20.3 Å². The SMILES string of the molecule is C[C@@H]1NCC[C@]1(C)Cl. The van der Waals surface area contributed by atoms with Gasteiger partial charge in [0.1, 0.15) is 0 Å². The molecular formula is C6H12ClN. The van der Waals surface area contributed by atoms with Gasteiger partial charge >= 0.3 is 0 Å². The van der Waals surface area contributed by atoms with Crippen molar-refractivity contribution in [3.63, 3.8) is 0 Å². The molecule has 0 aliphatic carbocycles. The molecule has 1 nitrogen and oxygen atoms in total. The third kappa shape index (κ3) is 0.981. The van der Waals surface area contributed by atoms with Crippen LogP contribution in [0.5, 0.6) is 0 Å². The Balaban J connectivity index is 2.54. The number of hydrogen-bond acceptors (Lipinski definition) is 1. The molecule has 1 N–H and O–H groups in total. The number of alkyl halides is 1. The third-order valence-corrected chi connectivity index (χ3v) is 2.48. The van der Waals surface area contributed by atoms with Crippen LogP contribution in [0.25, 0.3) is 0 Å². The van der Waals surface area contributed by atoms with E-state index in [4.69, 9.17) is 11.6 Å². The van der Waals surface area contributed by atoms with Crippen LogP contribution in [-0.2, 0) is 0 Å².